The molecule has 0 saturated carbocycles. The average molecular weight is 192 g/mol. The van der Waals surface area contributed by atoms with Crippen LogP contribution in [0, 0.1) is 0 Å². The predicted molar refractivity (Wildman–Crippen MR) is 52.1 cm³/mol. The van der Waals surface area contributed by atoms with Crippen LogP contribution in [0.15, 0.2) is 30.5 Å². The Balaban J connectivity index is 2.84. The number of carbonyl (C=O) groups excluding carboxylic acids is 1. The van der Waals surface area contributed by atoms with Crippen molar-refractivity contribution in [2.45, 2.75) is 0 Å². The number of aldehydes is 1. The van der Waals surface area contributed by atoms with E-state index in [4.69, 9.17) is 11.6 Å². The fourth-order valence-corrected chi connectivity index (χ4v) is 1.45. The van der Waals surface area contributed by atoms with Gasteiger partial charge in [-0.2, -0.15) is 0 Å². The Kier molecular flexibility index (Phi) is 1.99. The molecule has 0 saturated heterocycles. The second-order valence-electron chi connectivity index (χ2n) is 2.68. The maximum absolute atomic E-state index is 10.6. The lowest BCUT2D eigenvalue weighted by Crippen LogP contribution is -1.87. The van der Waals surface area contributed by atoms with E-state index in [1.807, 2.05) is 12.1 Å². The molecular weight excluding hydrogens is 186 g/mol. The average Bonchev–Trinajstić information content (AvgIpc) is 2.16. The Morgan fingerprint density at radius 3 is 2.92 bits per heavy atom. The first-order valence-corrected chi connectivity index (χ1v) is 4.18. The predicted octanol–water partition coefficient (Wildman–Crippen LogP) is 2.70. The summed E-state index contributed by atoms with van der Waals surface area (Å²) in [5, 5.41) is 2.43. The first kappa shape index (κ1) is 8.20. The number of fused-ring (bicyclic) bond motifs is 1. The molecule has 0 N–H and O–H groups in total. The Morgan fingerprint density at radius 2 is 2.15 bits per heavy atom. The number of benzene rings is 1. The number of aromatic nitrogens is 1. The Hall–Kier alpha value is -1.41. The molecule has 64 valence electrons. The van der Waals surface area contributed by atoms with Gasteiger partial charge in [0.2, 0.25) is 0 Å². The van der Waals surface area contributed by atoms with E-state index in [0.29, 0.717) is 10.7 Å². The lowest BCUT2D eigenvalue weighted by molar-refractivity contribution is 0.112. The monoisotopic (exact) mass is 191 g/mol. The quantitative estimate of drug-likeness (QED) is 0.649. The van der Waals surface area contributed by atoms with Crippen molar-refractivity contribution in [1.29, 1.82) is 0 Å². The highest BCUT2D eigenvalue weighted by atomic mass is 35.5. The van der Waals surface area contributed by atoms with Crippen molar-refractivity contribution in [1.82, 2.24) is 4.98 Å². The minimum absolute atomic E-state index is 0.453. The molecule has 0 radical (unpaired) electrons. The lowest BCUT2D eigenvalue weighted by Gasteiger charge is -1.99. The molecule has 0 aliphatic carbocycles. The summed E-state index contributed by atoms with van der Waals surface area (Å²) in [6.07, 6.45) is 2.35. The lowest BCUT2D eigenvalue weighted by atomic mass is 10.1. The first-order chi connectivity index (χ1) is 6.31. The Bertz CT molecular complexity index is 467. The highest BCUT2D eigenvalue weighted by Gasteiger charge is 2.00. The number of hydrogen-bond acceptors (Lipinski definition) is 2. The van der Waals surface area contributed by atoms with Gasteiger partial charge >= 0.3 is 0 Å². The number of halogens is 1. The Labute approximate surface area is 80.2 Å². The van der Waals surface area contributed by atoms with Gasteiger partial charge in [0.1, 0.15) is 5.69 Å². The topological polar surface area (TPSA) is 30.0 Å². The van der Waals surface area contributed by atoms with E-state index in [2.05, 4.69) is 4.98 Å². The molecule has 2 rings (SSSR count). The SMILES string of the molecule is O=Cc1nccc2cc(Cl)ccc12. The molecule has 2 nitrogen and oxygen atoms in total. The van der Waals surface area contributed by atoms with Gasteiger partial charge in [-0.1, -0.05) is 17.7 Å². The van der Waals surface area contributed by atoms with Gasteiger partial charge in [-0.25, -0.2) is 0 Å². The second-order valence-corrected chi connectivity index (χ2v) is 3.12. The van der Waals surface area contributed by atoms with E-state index < -0.39 is 0 Å². The summed E-state index contributed by atoms with van der Waals surface area (Å²) in [5.41, 5.74) is 0.453. The van der Waals surface area contributed by atoms with Gasteiger partial charge in [-0.15, -0.1) is 0 Å². The van der Waals surface area contributed by atoms with Crippen LogP contribution in [0.1, 0.15) is 10.5 Å². The zero-order chi connectivity index (χ0) is 9.26. The van der Waals surface area contributed by atoms with E-state index in [1.54, 1.807) is 18.3 Å². The summed E-state index contributed by atoms with van der Waals surface area (Å²) in [6.45, 7) is 0. The second kappa shape index (κ2) is 3.15. The summed E-state index contributed by atoms with van der Waals surface area (Å²) < 4.78 is 0. The summed E-state index contributed by atoms with van der Waals surface area (Å²) in [7, 11) is 0. The van der Waals surface area contributed by atoms with Gasteiger partial charge in [-0.3, -0.25) is 9.78 Å². The molecule has 0 amide bonds. The first-order valence-electron chi connectivity index (χ1n) is 3.81. The van der Waals surface area contributed by atoms with Crippen molar-refractivity contribution in [2.75, 3.05) is 0 Å². The summed E-state index contributed by atoms with van der Waals surface area (Å²) in [6, 6.07) is 7.19. The van der Waals surface area contributed by atoms with E-state index in [0.717, 1.165) is 17.1 Å². The third-order valence-electron chi connectivity index (χ3n) is 1.87. The molecule has 0 unspecified atom stereocenters. The molecule has 1 aromatic carbocycles. The van der Waals surface area contributed by atoms with Crippen molar-refractivity contribution in [3.05, 3.63) is 41.2 Å². The van der Waals surface area contributed by atoms with Crippen LogP contribution >= 0.6 is 11.6 Å². The highest BCUT2D eigenvalue weighted by Crippen LogP contribution is 2.19. The van der Waals surface area contributed by atoms with Crippen LogP contribution < -0.4 is 0 Å². The van der Waals surface area contributed by atoms with Gasteiger partial charge in [0.05, 0.1) is 0 Å². The Morgan fingerprint density at radius 1 is 1.31 bits per heavy atom. The molecule has 0 aliphatic heterocycles. The van der Waals surface area contributed by atoms with Gasteiger partial charge in [0, 0.05) is 16.6 Å². The minimum Gasteiger partial charge on any atom is -0.296 e. The van der Waals surface area contributed by atoms with Crippen LogP contribution in [0.2, 0.25) is 5.02 Å². The van der Waals surface area contributed by atoms with Crippen LogP contribution in [0.3, 0.4) is 0 Å². The van der Waals surface area contributed by atoms with Crippen LogP contribution in [0.4, 0.5) is 0 Å². The van der Waals surface area contributed by atoms with Crippen molar-refractivity contribution in [3.63, 3.8) is 0 Å². The molecule has 0 bridgehead atoms. The van der Waals surface area contributed by atoms with E-state index in [9.17, 15) is 4.79 Å². The van der Waals surface area contributed by atoms with Crippen LogP contribution in [-0.2, 0) is 0 Å². The van der Waals surface area contributed by atoms with Gasteiger partial charge in [0.25, 0.3) is 0 Å². The maximum Gasteiger partial charge on any atom is 0.169 e. The van der Waals surface area contributed by atoms with Crippen molar-refractivity contribution in [2.24, 2.45) is 0 Å². The van der Waals surface area contributed by atoms with Gasteiger partial charge in [-0.05, 0) is 23.6 Å². The summed E-state index contributed by atoms with van der Waals surface area (Å²) in [5.74, 6) is 0. The molecule has 0 atom stereocenters. The van der Waals surface area contributed by atoms with Crippen molar-refractivity contribution < 1.29 is 4.79 Å². The standard InChI is InChI=1S/C10H6ClNO/c11-8-1-2-9-7(5-8)3-4-12-10(9)6-13/h1-6H. The van der Waals surface area contributed by atoms with Gasteiger partial charge < -0.3 is 0 Å². The fourth-order valence-electron chi connectivity index (χ4n) is 1.27. The van der Waals surface area contributed by atoms with Gasteiger partial charge in [0.15, 0.2) is 6.29 Å². The zero-order valence-corrected chi connectivity index (χ0v) is 7.45. The molecule has 0 spiro atoms. The normalized spacial score (nSPS) is 10.2. The van der Waals surface area contributed by atoms with Crippen LogP contribution in [0.25, 0.3) is 10.8 Å². The molecule has 3 heteroatoms. The number of pyridine rings is 1. The molecule has 13 heavy (non-hydrogen) atoms. The zero-order valence-electron chi connectivity index (χ0n) is 6.70. The minimum atomic E-state index is 0.453. The number of rotatable bonds is 1. The smallest absolute Gasteiger partial charge is 0.169 e. The molecule has 0 aliphatic rings. The summed E-state index contributed by atoms with van der Waals surface area (Å²) in [4.78, 5) is 14.6. The van der Waals surface area contributed by atoms with Crippen LogP contribution in [-0.4, -0.2) is 11.3 Å². The van der Waals surface area contributed by atoms with Crippen molar-refractivity contribution >= 4 is 28.7 Å². The largest absolute Gasteiger partial charge is 0.296 e. The third kappa shape index (κ3) is 1.40. The fraction of sp³-hybridized carbons (Fsp3) is 0. The number of hydrogen-bond donors (Lipinski definition) is 0. The molecule has 1 aromatic heterocycles. The number of carbonyl (C=O) groups is 1. The number of nitrogens with zero attached hydrogens (tertiary/aromatic N) is 1. The van der Waals surface area contributed by atoms with Crippen LogP contribution in [0.5, 0.6) is 0 Å². The van der Waals surface area contributed by atoms with E-state index in [-0.39, 0.29) is 0 Å². The molecular formula is C10H6ClNO. The van der Waals surface area contributed by atoms with Crippen molar-refractivity contribution in [3.8, 4) is 0 Å². The summed E-state index contributed by atoms with van der Waals surface area (Å²) >= 11 is 5.81. The molecule has 2 aromatic rings. The van der Waals surface area contributed by atoms with E-state index in [1.165, 1.54) is 0 Å². The maximum atomic E-state index is 10.6. The molecule has 1 heterocycles. The third-order valence-corrected chi connectivity index (χ3v) is 2.10. The van der Waals surface area contributed by atoms with E-state index >= 15 is 0 Å². The highest BCUT2D eigenvalue weighted by molar-refractivity contribution is 6.31. The molecule has 0 fully saturated rings.